The number of halogens is 1. The van der Waals surface area contributed by atoms with Gasteiger partial charge in [0.15, 0.2) is 0 Å². The summed E-state index contributed by atoms with van der Waals surface area (Å²) in [7, 11) is 0. The van der Waals surface area contributed by atoms with Gasteiger partial charge in [0.1, 0.15) is 5.82 Å². The number of hydrazone groups is 1. The van der Waals surface area contributed by atoms with Gasteiger partial charge in [-0.2, -0.15) is 5.10 Å². The van der Waals surface area contributed by atoms with E-state index in [0.29, 0.717) is 5.75 Å². The Kier molecular flexibility index (Phi) is 6.08. The van der Waals surface area contributed by atoms with E-state index >= 15 is 0 Å². The van der Waals surface area contributed by atoms with Crippen LogP contribution in [0.25, 0.3) is 5.69 Å². The van der Waals surface area contributed by atoms with Crippen LogP contribution >= 0.6 is 11.8 Å². The maximum atomic E-state index is 13.1. The molecule has 0 atom stereocenters. The molecule has 0 saturated heterocycles. The normalized spacial score (nSPS) is 11.1. The van der Waals surface area contributed by atoms with Crippen LogP contribution in [-0.2, 0) is 4.79 Å². The van der Waals surface area contributed by atoms with Crippen molar-refractivity contribution in [3.8, 4) is 5.69 Å². The van der Waals surface area contributed by atoms with Crippen LogP contribution in [0.3, 0.4) is 0 Å². The third-order valence-corrected chi connectivity index (χ3v) is 5.07. The van der Waals surface area contributed by atoms with Gasteiger partial charge in [-0.1, -0.05) is 18.2 Å². The van der Waals surface area contributed by atoms with Crippen LogP contribution in [0, 0.1) is 19.7 Å². The molecule has 0 unspecified atom stereocenters. The summed E-state index contributed by atoms with van der Waals surface area (Å²) >= 11 is 1.46. The number of aryl methyl sites for hydroxylation is 1. The summed E-state index contributed by atoms with van der Waals surface area (Å²) in [5, 5.41) is 4.07. The van der Waals surface area contributed by atoms with Crippen molar-refractivity contribution >= 4 is 23.9 Å². The highest BCUT2D eigenvalue weighted by Gasteiger charge is 2.09. The lowest BCUT2D eigenvalue weighted by Gasteiger charge is -2.09. The van der Waals surface area contributed by atoms with Gasteiger partial charge < -0.3 is 4.57 Å². The quantitative estimate of drug-likeness (QED) is 0.389. The zero-order valence-corrected chi connectivity index (χ0v) is 16.0. The van der Waals surface area contributed by atoms with Crippen LogP contribution in [0.4, 0.5) is 4.39 Å². The van der Waals surface area contributed by atoms with Crippen LogP contribution in [0.15, 0.2) is 70.7 Å². The molecule has 0 fully saturated rings. The van der Waals surface area contributed by atoms with Crippen molar-refractivity contribution in [3.63, 3.8) is 0 Å². The molecule has 0 bridgehead atoms. The van der Waals surface area contributed by atoms with E-state index in [1.807, 2.05) is 54.8 Å². The van der Waals surface area contributed by atoms with E-state index in [-0.39, 0.29) is 11.7 Å². The zero-order valence-electron chi connectivity index (χ0n) is 15.1. The number of nitrogens with one attached hydrogen (secondary N) is 1. The molecule has 138 valence electrons. The molecule has 0 aliphatic carbocycles. The monoisotopic (exact) mass is 381 g/mol. The second kappa shape index (κ2) is 8.68. The summed E-state index contributed by atoms with van der Waals surface area (Å²) in [5.41, 5.74) is 6.31. The average molecular weight is 381 g/mol. The van der Waals surface area contributed by atoms with Crippen molar-refractivity contribution in [3.05, 3.63) is 83.4 Å². The Bertz CT molecular complexity index is 950. The number of hydrogen-bond acceptors (Lipinski definition) is 3. The van der Waals surface area contributed by atoms with E-state index in [0.717, 1.165) is 27.5 Å². The molecular formula is C21H20FN3OS. The summed E-state index contributed by atoms with van der Waals surface area (Å²) in [6, 6.07) is 18.1. The van der Waals surface area contributed by atoms with Gasteiger partial charge in [0.2, 0.25) is 5.91 Å². The number of aromatic nitrogens is 1. The number of benzene rings is 2. The van der Waals surface area contributed by atoms with E-state index in [4.69, 9.17) is 0 Å². The molecular weight excluding hydrogens is 361 g/mol. The number of thioether (sulfide) groups is 1. The minimum Gasteiger partial charge on any atom is -0.318 e. The largest absolute Gasteiger partial charge is 0.318 e. The summed E-state index contributed by atoms with van der Waals surface area (Å²) in [4.78, 5) is 13.0. The molecule has 1 amide bonds. The first-order valence-corrected chi connectivity index (χ1v) is 9.48. The second-order valence-corrected chi connectivity index (χ2v) is 7.08. The number of carbonyl (C=O) groups is 1. The standard InChI is InChI=1S/C21H20FN3OS/c1-15-12-17(16(2)25(15)19-10-8-18(22)9-11-19)13-23-24-21(26)14-27-20-6-4-3-5-7-20/h3-13H,14H2,1-2H3,(H,24,26)/b23-13-. The lowest BCUT2D eigenvalue weighted by Crippen LogP contribution is -2.19. The number of hydrogen-bond donors (Lipinski definition) is 1. The Hall–Kier alpha value is -2.86. The highest BCUT2D eigenvalue weighted by molar-refractivity contribution is 8.00. The molecule has 0 spiro atoms. The minimum absolute atomic E-state index is 0.160. The molecule has 1 aromatic heterocycles. The first-order chi connectivity index (χ1) is 13.0. The highest BCUT2D eigenvalue weighted by Crippen LogP contribution is 2.20. The van der Waals surface area contributed by atoms with E-state index in [9.17, 15) is 9.18 Å². The third kappa shape index (κ3) is 4.86. The predicted molar refractivity (Wildman–Crippen MR) is 108 cm³/mol. The van der Waals surface area contributed by atoms with Crippen LogP contribution in [0.5, 0.6) is 0 Å². The van der Waals surface area contributed by atoms with Crippen molar-refractivity contribution in [2.75, 3.05) is 5.75 Å². The van der Waals surface area contributed by atoms with Crippen LogP contribution < -0.4 is 5.43 Å². The number of rotatable bonds is 6. The molecule has 2 aromatic carbocycles. The first kappa shape index (κ1) is 18.9. The molecule has 4 nitrogen and oxygen atoms in total. The van der Waals surface area contributed by atoms with Gasteiger partial charge >= 0.3 is 0 Å². The molecule has 0 aliphatic rings. The van der Waals surface area contributed by atoms with E-state index in [2.05, 4.69) is 10.5 Å². The smallest absolute Gasteiger partial charge is 0.250 e. The predicted octanol–water partition coefficient (Wildman–Crippen LogP) is 4.48. The second-order valence-electron chi connectivity index (χ2n) is 6.03. The first-order valence-electron chi connectivity index (χ1n) is 8.49. The Morgan fingerprint density at radius 2 is 1.85 bits per heavy atom. The third-order valence-electron chi connectivity index (χ3n) is 4.06. The van der Waals surface area contributed by atoms with Crippen molar-refractivity contribution in [2.24, 2.45) is 5.10 Å². The lowest BCUT2D eigenvalue weighted by atomic mass is 10.2. The van der Waals surface area contributed by atoms with Gasteiger partial charge in [-0.15, -0.1) is 11.8 Å². The molecule has 0 radical (unpaired) electrons. The topological polar surface area (TPSA) is 46.4 Å². The Labute approximate surface area is 162 Å². The minimum atomic E-state index is -0.265. The van der Waals surface area contributed by atoms with Crippen LogP contribution in [0.1, 0.15) is 17.0 Å². The molecule has 3 rings (SSSR count). The fourth-order valence-electron chi connectivity index (χ4n) is 2.78. The molecule has 0 aliphatic heterocycles. The van der Waals surface area contributed by atoms with Crippen molar-refractivity contribution < 1.29 is 9.18 Å². The molecule has 3 aromatic rings. The van der Waals surface area contributed by atoms with Gasteiger partial charge in [0, 0.05) is 27.5 Å². The molecule has 6 heteroatoms. The molecule has 1 heterocycles. The summed E-state index contributed by atoms with van der Waals surface area (Å²) < 4.78 is 15.2. The fraction of sp³-hybridized carbons (Fsp3) is 0.143. The molecule has 27 heavy (non-hydrogen) atoms. The van der Waals surface area contributed by atoms with E-state index < -0.39 is 0 Å². The fourth-order valence-corrected chi connectivity index (χ4v) is 3.49. The van der Waals surface area contributed by atoms with Crippen molar-refractivity contribution in [1.29, 1.82) is 0 Å². The van der Waals surface area contributed by atoms with Gasteiger partial charge in [-0.3, -0.25) is 4.79 Å². The Balaban J connectivity index is 1.63. The van der Waals surface area contributed by atoms with Crippen molar-refractivity contribution in [1.82, 2.24) is 9.99 Å². The SMILES string of the molecule is Cc1cc(/C=N\NC(=O)CSc2ccccc2)c(C)n1-c1ccc(F)cc1. The lowest BCUT2D eigenvalue weighted by molar-refractivity contribution is -0.118. The highest BCUT2D eigenvalue weighted by atomic mass is 32.2. The Morgan fingerprint density at radius 3 is 2.56 bits per heavy atom. The number of amides is 1. The van der Waals surface area contributed by atoms with Gasteiger partial charge in [0.25, 0.3) is 0 Å². The number of carbonyl (C=O) groups excluding carboxylic acids is 1. The maximum absolute atomic E-state index is 13.1. The van der Waals surface area contributed by atoms with E-state index in [1.165, 1.54) is 23.9 Å². The molecule has 1 N–H and O–H groups in total. The summed E-state index contributed by atoms with van der Waals surface area (Å²) in [6.45, 7) is 3.94. The zero-order chi connectivity index (χ0) is 19.2. The van der Waals surface area contributed by atoms with Crippen LogP contribution in [-0.4, -0.2) is 22.4 Å². The van der Waals surface area contributed by atoms with E-state index in [1.54, 1.807) is 18.3 Å². The average Bonchev–Trinajstić information content (AvgIpc) is 2.95. The summed E-state index contributed by atoms with van der Waals surface area (Å²) in [5.74, 6) is -0.123. The van der Waals surface area contributed by atoms with Crippen LogP contribution in [0.2, 0.25) is 0 Å². The van der Waals surface area contributed by atoms with Gasteiger partial charge in [-0.25, -0.2) is 9.82 Å². The van der Waals surface area contributed by atoms with Gasteiger partial charge in [0.05, 0.1) is 12.0 Å². The Morgan fingerprint density at radius 1 is 1.15 bits per heavy atom. The molecule has 0 saturated carbocycles. The number of nitrogens with zero attached hydrogens (tertiary/aromatic N) is 2. The summed E-state index contributed by atoms with van der Waals surface area (Å²) in [6.07, 6.45) is 1.63. The maximum Gasteiger partial charge on any atom is 0.250 e. The van der Waals surface area contributed by atoms with Crippen molar-refractivity contribution in [2.45, 2.75) is 18.7 Å². The van der Waals surface area contributed by atoms with Gasteiger partial charge in [-0.05, 0) is 56.3 Å².